The summed E-state index contributed by atoms with van der Waals surface area (Å²) in [7, 11) is 3.28. The molecule has 5 rings (SSSR count). The van der Waals surface area contributed by atoms with E-state index in [9.17, 15) is 4.79 Å². The molecule has 0 aromatic heterocycles. The van der Waals surface area contributed by atoms with E-state index in [1.807, 2.05) is 30.3 Å². The van der Waals surface area contributed by atoms with Gasteiger partial charge in [0.05, 0.1) is 31.0 Å². The van der Waals surface area contributed by atoms with Gasteiger partial charge in [0.1, 0.15) is 17.2 Å². The zero-order valence-corrected chi connectivity index (χ0v) is 24.6. The van der Waals surface area contributed by atoms with E-state index in [1.54, 1.807) is 50.6 Å². The lowest BCUT2D eigenvalue weighted by molar-refractivity contribution is 0.0734. The van der Waals surface area contributed by atoms with E-state index < -0.39 is 5.97 Å². The second kappa shape index (κ2) is 11.6. The second-order valence-corrected chi connectivity index (χ2v) is 10.9. The number of rotatable bonds is 8. The average Bonchev–Trinajstić information content (AvgIpc) is 2.95. The number of benzene rings is 4. The maximum Gasteiger partial charge on any atom is 0.343 e. The van der Waals surface area contributed by atoms with Gasteiger partial charge in [-0.05, 0) is 92.1 Å². The smallest absolute Gasteiger partial charge is 0.343 e. The first kappa shape index (κ1) is 28.1. The quantitative estimate of drug-likeness (QED) is 0.164. The van der Waals surface area contributed by atoms with Crippen LogP contribution in [0.3, 0.4) is 0 Å². The van der Waals surface area contributed by atoms with Gasteiger partial charge >= 0.3 is 5.97 Å². The highest BCUT2D eigenvalue weighted by atomic mass is 35.5. The third-order valence-electron chi connectivity index (χ3n) is 7.06. The summed E-state index contributed by atoms with van der Waals surface area (Å²) in [6.45, 7) is 7.01. The summed E-state index contributed by atoms with van der Waals surface area (Å²) >= 11 is 5.96. The molecule has 0 saturated heterocycles. The summed E-state index contributed by atoms with van der Waals surface area (Å²) in [6, 6.07) is 24.1. The summed E-state index contributed by atoms with van der Waals surface area (Å²) in [5.74, 6) is 1.28. The van der Waals surface area contributed by atoms with Gasteiger partial charge in [-0.1, -0.05) is 35.9 Å². The number of nitrogens with one attached hydrogen (secondary N) is 2. The van der Waals surface area contributed by atoms with Crippen LogP contribution in [0.4, 0.5) is 11.4 Å². The first-order valence-corrected chi connectivity index (χ1v) is 13.7. The number of halogens is 1. The van der Waals surface area contributed by atoms with Crippen molar-refractivity contribution in [2.75, 3.05) is 24.9 Å². The van der Waals surface area contributed by atoms with Crippen LogP contribution in [-0.4, -0.2) is 25.7 Å². The second-order valence-electron chi connectivity index (χ2n) is 10.5. The first-order valence-electron chi connectivity index (χ1n) is 13.4. The van der Waals surface area contributed by atoms with Crippen molar-refractivity contribution in [1.82, 2.24) is 0 Å². The van der Waals surface area contributed by atoms with Gasteiger partial charge in [0.2, 0.25) is 0 Å². The van der Waals surface area contributed by atoms with Gasteiger partial charge in [-0.15, -0.1) is 0 Å². The van der Waals surface area contributed by atoms with E-state index in [1.165, 1.54) is 5.57 Å². The van der Waals surface area contributed by atoms with Gasteiger partial charge in [0.25, 0.3) is 0 Å². The number of esters is 1. The first-order chi connectivity index (χ1) is 19.7. The standard InChI is InChI=1S/C34H33ClN2O4/c1-21-19-34(2,3)37-29-17-16-25(27(32(21)29)20-36-28-8-6-7-9-30(28)39-4)26-15-14-24(18-31(26)40-5)41-33(38)22-10-12-23(35)13-11-22/h6-19,36-37H,20H2,1-5H3. The van der Waals surface area contributed by atoms with Crippen LogP contribution >= 0.6 is 11.6 Å². The third-order valence-corrected chi connectivity index (χ3v) is 7.31. The molecule has 2 N–H and O–H groups in total. The van der Waals surface area contributed by atoms with E-state index in [2.05, 4.69) is 49.6 Å². The summed E-state index contributed by atoms with van der Waals surface area (Å²) in [6.07, 6.45) is 2.25. The van der Waals surface area contributed by atoms with Gasteiger partial charge in [-0.3, -0.25) is 0 Å². The Morgan fingerprint density at radius 3 is 2.34 bits per heavy atom. The minimum Gasteiger partial charge on any atom is -0.496 e. The highest BCUT2D eigenvalue weighted by Gasteiger charge is 2.27. The molecule has 0 unspecified atom stereocenters. The molecule has 7 heteroatoms. The molecule has 1 heterocycles. The van der Waals surface area contributed by atoms with Gasteiger partial charge in [-0.2, -0.15) is 0 Å². The maximum atomic E-state index is 12.7. The van der Waals surface area contributed by atoms with E-state index in [-0.39, 0.29) is 5.54 Å². The molecule has 0 spiro atoms. The lowest BCUT2D eigenvalue weighted by Gasteiger charge is -2.33. The maximum absolute atomic E-state index is 12.7. The number of fused-ring (bicyclic) bond motifs is 1. The Labute approximate surface area is 245 Å². The van der Waals surface area contributed by atoms with Crippen LogP contribution in [0.5, 0.6) is 17.2 Å². The van der Waals surface area contributed by atoms with E-state index in [0.29, 0.717) is 28.6 Å². The van der Waals surface area contributed by atoms with Gasteiger partial charge in [-0.25, -0.2) is 4.79 Å². The predicted octanol–water partition coefficient (Wildman–Crippen LogP) is 8.46. The number of methoxy groups -OCH3 is 2. The van der Waals surface area contributed by atoms with Crippen LogP contribution in [0.15, 0.2) is 84.9 Å². The van der Waals surface area contributed by atoms with E-state index in [0.717, 1.165) is 39.4 Å². The monoisotopic (exact) mass is 568 g/mol. The lowest BCUT2D eigenvalue weighted by Crippen LogP contribution is -2.32. The molecule has 0 aliphatic carbocycles. The molecule has 0 bridgehead atoms. The van der Waals surface area contributed by atoms with E-state index in [4.69, 9.17) is 25.8 Å². The number of anilines is 2. The normalized spacial score (nSPS) is 13.4. The molecule has 0 saturated carbocycles. The molecule has 0 amide bonds. The Balaban J connectivity index is 1.55. The van der Waals surface area contributed by atoms with Crippen molar-refractivity contribution in [2.45, 2.75) is 32.9 Å². The Kier molecular flexibility index (Phi) is 7.95. The fourth-order valence-corrected chi connectivity index (χ4v) is 5.44. The minimum absolute atomic E-state index is 0.167. The molecule has 41 heavy (non-hydrogen) atoms. The van der Waals surface area contributed by atoms with Crippen molar-refractivity contribution in [3.05, 3.63) is 107 Å². The third kappa shape index (κ3) is 6.03. The summed E-state index contributed by atoms with van der Waals surface area (Å²) in [4.78, 5) is 12.7. The van der Waals surface area contributed by atoms with Crippen molar-refractivity contribution >= 4 is 34.5 Å². The fourth-order valence-electron chi connectivity index (χ4n) is 5.32. The summed E-state index contributed by atoms with van der Waals surface area (Å²) in [5, 5.41) is 7.79. The largest absolute Gasteiger partial charge is 0.496 e. The SMILES string of the molecule is COc1ccccc1NCc1c(-c2ccc(OC(=O)c3ccc(Cl)cc3)cc2OC)ccc2c1C(C)=CC(C)(C)N2. The Bertz CT molecular complexity index is 1630. The van der Waals surface area contributed by atoms with Gasteiger partial charge in [0, 0.05) is 34.4 Å². The molecule has 0 atom stereocenters. The number of ether oxygens (including phenoxy) is 3. The number of para-hydroxylation sites is 2. The molecule has 4 aromatic rings. The van der Waals surface area contributed by atoms with Crippen LogP contribution in [0.1, 0.15) is 42.3 Å². The number of allylic oxidation sites excluding steroid dienone is 1. The molecule has 1 aliphatic rings. The molecule has 6 nitrogen and oxygen atoms in total. The van der Waals surface area contributed by atoms with Crippen molar-refractivity contribution in [3.8, 4) is 28.4 Å². The van der Waals surface area contributed by atoms with Crippen LogP contribution < -0.4 is 24.8 Å². The number of carbonyl (C=O) groups excluding carboxylic acids is 1. The van der Waals surface area contributed by atoms with Crippen LogP contribution in [0.25, 0.3) is 16.7 Å². The molecular formula is C34H33ClN2O4. The predicted molar refractivity (Wildman–Crippen MR) is 167 cm³/mol. The molecule has 0 fully saturated rings. The highest BCUT2D eigenvalue weighted by molar-refractivity contribution is 6.30. The van der Waals surface area contributed by atoms with Crippen LogP contribution in [-0.2, 0) is 6.54 Å². The lowest BCUT2D eigenvalue weighted by atomic mass is 9.85. The highest BCUT2D eigenvalue weighted by Crippen LogP contribution is 2.43. The molecular weight excluding hydrogens is 536 g/mol. The Morgan fingerprint density at radius 2 is 1.61 bits per heavy atom. The van der Waals surface area contributed by atoms with Crippen molar-refractivity contribution in [1.29, 1.82) is 0 Å². The fraction of sp³-hybridized carbons (Fsp3) is 0.206. The molecule has 0 radical (unpaired) electrons. The van der Waals surface area contributed by atoms with Crippen molar-refractivity contribution in [2.24, 2.45) is 0 Å². The Morgan fingerprint density at radius 1 is 0.902 bits per heavy atom. The van der Waals surface area contributed by atoms with Crippen LogP contribution in [0.2, 0.25) is 5.02 Å². The van der Waals surface area contributed by atoms with Gasteiger partial charge < -0.3 is 24.8 Å². The number of hydrogen-bond acceptors (Lipinski definition) is 6. The molecule has 4 aromatic carbocycles. The molecule has 210 valence electrons. The topological polar surface area (TPSA) is 68.8 Å². The zero-order chi connectivity index (χ0) is 29.1. The van der Waals surface area contributed by atoms with Crippen LogP contribution in [0, 0.1) is 0 Å². The average molecular weight is 569 g/mol. The van der Waals surface area contributed by atoms with Crippen molar-refractivity contribution in [3.63, 3.8) is 0 Å². The Hall–Kier alpha value is -4.42. The minimum atomic E-state index is -0.471. The summed E-state index contributed by atoms with van der Waals surface area (Å²) in [5.41, 5.74) is 7.55. The zero-order valence-electron chi connectivity index (χ0n) is 23.8. The molecule has 1 aliphatic heterocycles. The summed E-state index contributed by atoms with van der Waals surface area (Å²) < 4.78 is 17.1. The number of hydrogen-bond donors (Lipinski definition) is 2. The number of carbonyl (C=O) groups is 1. The van der Waals surface area contributed by atoms with Gasteiger partial charge in [0.15, 0.2) is 0 Å². The van der Waals surface area contributed by atoms with Crippen molar-refractivity contribution < 1.29 is 19.0 Å². The van der Waals surface area contributed by atoms with E-state index >= 15 is 0 Å².